The van der Waals surface area contributed by atoms with Crippen LogP contribution in [0.5, 0.6) is 0 Å². The Bertz CT molecular complexity index is 1320. The minimum Gasteiger partial charge on any atom is -0.327 e. The fraction of sp³-hybridized carbons (Fsp3) is 0.259. The van der Waals surface area contributed by atoms with Crippen LogP contribution in [0.1, 0.15) is 34.6 Å². The summed E-state index contributed by atoms with van der Waals surface area (Å²) in [6, 6.07) is 16.0. The zero-order valence-corrected chi connectivity index (χ0v) is 19.8. The number of hydrogen-bond donors (Lipinski definition) is 2. The lowest BCUT2D eigenvalue weighted by molar-refractivity contribution is 0.102. The Balaban J connectivity index is 1.42. The Kier molecular flexibility index (Phi) is 6.65. The van der Waals surface area contributed by atoms with E-state index in [9.17, 15) is 4.79 Å². The molecule has 1 saturated heterocycles. The quantitative estimate of drug-likeness (QED) is 0.447. The summed E-state index contributed by atoms with van der Waals surface area (Å²) >= 11 is 0. The molecule has 1 fully saturated rings. The van der Waals surface area contributed by atoms with Crippen LogP contribution >= 0.6 is 0 Å². The number of nitrogens with two attached hydrogens (primary N) is 1. The van der Waals surface area contributed by atoms with Crippen molar-refractivity contribution in [3.63, 3.8) is 0 Å². The highest BCUT2D eigenvalue weighted by atomic mass is 16.1. The monoisotopic (exact) mass is 467 g/mol. The number of hydrogen-bond acceptors (Lipinski definition) is 6. The molecule has 0 radical (unpaired) electrons. The zero-order valence-electron chi connectivity index (χ0n) is 19.8. The lowest BCUT2D eigenvalue weighted by Crippen LogP contribution is -2.42. The number of amides is 1. The van der Waals surface area contributed by atoms with E-state index in [0.29, 0.717) is 11.4 Å². The number of rotatable bonds is 6. The minimum absolute atomic E-state index is 0.206. The highest BCUT2D eigenvalue weighted by Gasteiger charge is 2.18. The molecule has 1 aliphatic rings. The fourth-order valence-corrected chi connectivity index (χ4v) is 4.46. The van der Waals surface area contributed by atoms with Gasteiger partial charge in [-0.3, -0.25) is 14.7 Å². The Morgan fingerprint density at radius 2 is 2.03 bits per heavy atom. The normalized spacial score (nSPS) is 16.2. The SMILES string of the molecule is Cc1cn(-c2cc(CN3CCC[C@H](N)C3)cc(NC(=O)c3cncc(-c4ccccc4)n3)c2)cn1. The average Bonchev–Trinajstić information content (AvgIpc) is 3.31. The van der Waals surface area contributed by atoms with Crippen molar-refractivity contribution in [1.29, 1.82) is 0 Å². The topological polar surface area (TPSA) is 102 Å². The van der Waals surface area contributed by atoms with Gasteiger partial charge in [0.25, 0.3) is 5.91 Å². The predicted octanol–water partition coefficient (Wildman–Crippen LogP) is 3.81. The summed E-state index contributed by atoms with van der Waals surface area (Å²) in [6.07, 6.45) is 9.06. The number of carbonyl (C=O) groups excluding carboxylic acids is 1. The smallest absolute Gasteiger partial charge is 0.275 e. The Morgan fingerprint density at radius 3 is 2.80 bits per heavy atom. The van der Waals surface area contributed by atoms with Crippen LogP contribution in [-0.2, 0) is 6.54 Å². The predicted molar refractivity (Wildman–Crippen MR) is 136 cm³/mol. The molecule has 1 amide bonds. The maximum atomic E-state index is 13.1. The van der Waals surface area contributed by atoms with Crippen molar-refractivity contribution in [1.82, 2.24) is 24.4 Å². The van der Waals surface area contributed by atoms with Crippen LogP contribution in [0.4, 0.5) is 5.69 Å². The molecular weight excluding hydrogens is 438 g/mol. The molecule has 35 heavy (non-hydrogen) atoms. The number of aryl methyl sites for hydroxylation is 1. The number of benzene rings is 2. The highest BCUT2D eigenvalue weighted by molar-refractivity contribution is 6.03. The summed E-state index contributed by atoms with van der Waals surface area (Å²) in [4.78, 5) is 28.6. The van der Waals surface area contributed by atoms with Crippen LogP contribution in [0.25, 0.3) is 16.9 Å². The standard InChI is InChI=1S/C27H29N7O/c1-19-15-34(18-30-19)24-11-20(16-33-9-5-8-22(28)17-33)10-23(12-24)31-27(35)26-14-29-13-25(32-26)21-6-3-2-4-7-21/h2-4,6-7,10-15,18,22H,5,8-9,16-17,28H2,1H3,(H,31,35)/t22-/m0/s1. The average molecular weight is 468 g/mol. The first-order valence-corrected chi connectivity index (χ1v) is 11.9. The maximum Gasteiger partial charge on any atom is 0.275 e. The van der Waals surface area contributed by atoms with Gasteiger partial charge in [0.2, 0.25) is 0 Å². The van der Waals surface area contributed by atoms with Gasteiger partial charge in [0.15, 0.2) is 0 Å². The summed E-state index contributed by atoms with van der Waals surface area (Å²) in [5, 5.41) is 3.02. The number of likely N-dealkylation sites (tertiary alicyclic amines) is 1. The molecule has 0 bridgehead atoms. The van der Waals surface area contributed by atoms with Crippen molar-refractivity contribution in [2.24, 2.45) is 5.73 Å². The van der Waals surface area contributed by atoms with Crippen LogP contribution in [-0.4, -0.2) is 49.5 Å². The van der Waals surface area contributed by atoms with Gasteiger partial charge in [-0.05, 0) is 50.1 Å². The third kappa shape index (κ3) is 5.62. The first kappa shape index (κ1) is 22.9. The molecule has 178 valence electrons. The van der Waals surface area contributed by atoms with Gasteiger partial charge in [-0.25, -0.2) is 9.97 Å². The largest absolute Gasteiger partial charge is 0.327 e. The van der Waals surface area contributed by atoms with E-state index in [0.717, 1.165) is 55.0 Å². The Hall–Kier alpha value is -3.88. The van der Waals surface area contributed by atoms with Gasteiger partial charge in [-0.2, -0.15) is 0 Å². The van der Waals surface area contributed by atoms with E-state index in [2.05, 4.69) is 31.2 Å². The van der Waals surface area contributed by atoms with E-state index in [1.54, 1.807) is 12.5 Å². The van der Waals surface area contributed by atoms with Gasteiger partial charge in [0.05, 0.1) is 30.1 Å². The number of nitrogens with zero attached hydrogens (tertiary/aromatic N) is 5. The second kappa shape index (κ2) is 10.2. The van der Waals surface area contributed by atoms with Crippen molar-refractivity contribution < 1.29 is 4.79 Å². The Morgan fingerprint density at radius 1 is 1.17 bits per heavy atom. The van der Waals surface area contributed by atoms with Gasteiger partial charge in [-0.1, -0.05) is 30.3 Å². The molecule has 3 heterocycles. The number of anilines is 1. The van der Waals surface area contributed by atoms with E-state index < -0.39 is 0 Å². The van der Waals surface area contributed by atoms with Gasteiger partial charge in [0.1, 0.15) is 5.69 Å². The van der Waals surface area contributed by atoms with Crippen LogP contribution in [0.3, 0.4) is 0 Å². The summed E-state index contributed by atoms with van der Waals surface area (Å²) in [7, 11) is 0. The molecule has 0 spiro atoms. The fourth-order valence-electron chi connectivity index (χ4n) is 4.46. The zero-order chi connectivity index (χ0) is 24.2. The van der Waals surface area contributed by atoms with Crippen molar-refractivity contribution in [2.75, 3.05) is 18.4 Å². The number of nitrogens with one attached hydrogen (secondary N) is 1. The number of piperidine rings is 1. The van der Waals surface area contributed by atoms with Crippen molar-refractivity contribution in [3.8, 4) is 16.9 Å². The number of carbonyl (C=O) groups is 1. The third-order valence-corrected chi connectivity index (χ3v) is 6.13. The van der Waals surface area contributed by atoms with Gasteiger partial charge >= 0.3 is 0 Å². The van der Waals surface area contributed by atoms with E-state index in [1.807, 2.05) is 60.2 Å². The second-order valence-electron chi connectivity index (χ2n) is 9.06. The highest BCUT2D eigenvalue weighted by Crippen LogP contribution is 2.23. The first-order valence-electron chi connectivity index (χ1n) is 11.9. The van der Waals surface area contributed by atoms with E-state index in [4.69, 9.17) is 5.73 Å². The summed E-state index contributed by atoms with van der Waals surface area (Å²) in [5.74, 6) is -0.305. The van der Waals surface area contributed by atoms with Gasteiger partial charge < -0.3 is 15.6 Å². The molecule has 1 atom stereocenters. The third-order valence-electron chi connectivity index (χ3n) is 6.13. The molecule has 5 rings (SSSR count). The van der Waals surface area contributed by atoms with Crippen molar-refractivity contribution >= 4 is 11.6 Å². The van der Waals surface area contributed by atoms with E-state index in [-0.39, 0.29) is 17.6 Å². The molecule has 0 saturated carbocycles. The summed E-state index contributed by atoms with van der Waals surface area (Å²) in [5.41, 5.74) is 11.7. The van der Waals surface area contributed by atoms with Crippen molar-refractivity contribution in [2.45, 2.75) is 32.4 Å². The minimum atomic E-state index is -0.305. The molecule has 8 nitrogen and oxygen atoms in total. The van der Waals surface area contributed by atoms with E-state index >= 15 is 0 Å². The molecule has 8 heteroatoms. The number of aromatic nitrogens is 4. The first-order chi connectivity index (χ1) is 17.0. The molecule has 4 aromatic rings. The lowest BCUT2D eigenvalue weighted by Gasteiger charge is -2.30. The van der Waals surface area contributed by atoms with Crippen LogP contribution in [0.2, 0.25) is 0 Å². The molecule has 2 aromatic heterocycles. The van der Waals surface area contributed by atoms with E-state index in [1.165, 1.54) is 6.20 Å². The second-order valence-corrected chi connectivity index (χ2v) is 9.06. The molecule has 0 aliphatic carbocycles. The molecule has 0 unspecified atom stereocenters. The molecule has 1 aliphatic heterocycles. The maximum absolute atomic E-state index is 13.1. The van der Waals surface area contributed by atoms with Gasteiger partial charge in [-0.15, -0.1) is 0 Å². The van der Waals surface area contributed by atoms with Gasteiger partial charge in [0, 0.05) is 42.3 Å². The summed E-state index contributed by atoms with van der Waals surface area (Å²) in [6.45, 7) is 4.61. The number of imidazole rings is 1. The van der Waals surface area contributed by atoms with Crippen molar-refractivity contribution in [3.05, 3.63) is 90.4 Å². The summed E-state index contributed by atoms with van der Waals surface area (Å²) < 4.78 is 1.96. The molecule has 2 aromatic carbocycles. The van der Waals surface area contributed by atoms with Crippen LogP contribution in [0, 0.1) is 6.92 Å². The molecular formula is C27H29N7O. The van der Waals surface area contributed by atoms with Crippen LogP contribution < -0.4 is 11.1 Å². The Labute approximate surface area is 204 Å². The molecule has 3 N–H and O–H groups in total. The lowest BCUT2D eigenvalue weighted by atomic mass is 10.1. The van der Waals surface area contributed by atoms with Crippen LogP contribution in [0.15, 0.2) is 73.4 Å².